The topological polar surface area (TPSA) is 120 Å². The predicted molar refractivity (Wildman–Crippen MR) is 149 cm³/mol. The van der Waals surface area contributed by atoms with Crippen LogP contribution in [0.15, 0.2) is 61.2 Å². The minimum atomic E-state index is -0.597. The van der Waals surface area contributed by atoms with Crippen LogP contribution >= 0.6 is 0 Å². The molecule has 0 saturated carbocycles. The summed E-state index contributed by atoms with van der Waals surface area (Å²) in [5.74, 6) is 0.679. The molecule has 9 nitrogen and oxygen atoms in total. The first kappa shape index (κ1) is 28.2. The second-order valence-corrected chi connectivity index (χ2v) is 9.75. The number of fused-ring (bicyclic) bond motifs is 3. The van der Waals surface area contributed by atoms with Crippen molar-refractivity contribution in [2.24, 2.45) is 5.73 Å². The zero-order valence-electron chi connectivity index (χ0n) is 22.5. The molecule has 39 heavy (non-hydrogen) atoms. The quantitative estimate of drug-likeness (QED) is 0.450. The number of nitrogens with two attached hydrogens (primary N) is 1. The first-order valence-corrected chi connectivity index (χ1v) is 13.4. The van der Waals surface area contributed by atoms with E-state index in [0.717, 1.165) is 46.4 Å². The van der Waals surface area contributed by atoms with Crippen LogP contribution in [0.4, 0.5) is 0 Å². The summed E-state index contributed by atoms with van der Waals surface area (Å²) in [6, 6.07) is 13.8. The van der Waals surface area contributed by atoms with Crippen LogP contribution < -0.4 is 15.8 Å². The van der Waals surface area contributed by atoms with Gasteiger partial charge in [-0.1, -0.05) is 30.3 Å². The van der Waals surface area contributed by atoms with E-state index in [4.69, 9.17) is 15.2 Å². The van der Waals surface area contributed by atoms with Gasteiger partial charge >= 0.3 is 0 Å². The number of benzene rings is 2. The molecule has 2 amide bonds. The Morgan fingerprint density at radius 1 is 1.03 bits per heavy atom. The van der Waals surface area contributed by atoms with Crippen molar-refractivity contribution in [1.29, 1.82) is 0 Å². The van der Waals surface area contributed by atoms with Crippen LogP contribution in [0.25, 0.3) is 11.1 Å². The first-order valence-electron chi connectivity index (χ1n) is 13.4. The van der Waals surface area contributed by atoms with Gasteiger partial charge in [0.2, 0.25) is 11.8 Å². The highest BCUT2D eigenvalue weighted by atomic mass is 16.5. The Morgan fingerprint density at radius 3 is 2.67 bits per heavy atom. The molecule has 0 saturated heterocycles. The Hall–Kier alpha value is -3.82. The molecule has 0 unspecified atom stereocenters. The SMILES string of the molecule is CC(=O)NCCCC[C@H](N)C(=O)N1CCOCCOc2ccc(-c3cncnc3)cc2Cc2cccc(c2)C1. The molecule has 3 aromatic rings. The van der Waals surface area contributed by atoms with Crippen LogP contribution in [0, 0.1) is 0 Å². The molecule has 206 valence electrons. The summed E-state index contributed by atoms with van der Waals surface area (Å²) < 4.78 is 11.9. The average molecular weight is 532 g/mol. The molecule has 1 aliphatic heterocycles. The molecule has 0 fully saturated rings. The number of aromatic nitrogens is 2. The normalized spacial score (nSPS) is 14.9. The summed E-state index contributed by atoms with van der Waals surface area (Å²) >= 11 is 0. The minimum Gasteiger partial charge on any atom is -0.491 e. The smallest absolute Gasteiger partial charge is 0.239 e. The number of carbonyl (C=O) groups is 2. The Morgan fingerprint density at radius 2 is 1.85 bits per heavy atom. The van der Waals surface area contributed by atoms with Crippen molar-refractivity contribution in [2.75, 3.05) is 32.9 Å². The lowest BCUT2D eigenvalue weighted by atomic mass is 9.98. The Bertz CT molecular complexity index is 1240. The third-order valence-electron chi connectivity index (χ3n) is 6.65. The van der Waals surface area contributed by atoms with Gasteiger partial charge in [0.25, 0.3) is 0 Å². The Labute approximate surface area is 229 Å². The fraction of sp³-hybridized carbons (Fsp3) is 0.400. The predicted octanol–water partition coefficient (Wildman–Crippen LogP) is 3.11. The molecule has 1 aliphatic rings. The van der Waals surface area contributed by atoms with Gasteiger partial charge in [-0.25, -0.2) is 9.97 Å². The van der Waals surface area contributed by atoms with Crippen LogP contribution in [-0.4, -0.2) is 65.6 Å². The molecular formula is C30H37N5O4. The summed E-state index contributed by atoms with van der Waals surface area (Å²) in [6.45, 7) is 4.20. The van der Waals surface area contributed by atoms with Gasteiger partial charge in [0, 0.05) is 50.9 Å². The second-order valence-electron chi connectivity index (χ2n) is 9.75. The molecule has 9 heteroatoms. The minimum absolute atomic E-state index is 0.0523. The maximum Gasteiger partial charge on any atom is 0.239 e. The van der Waals surface area contributed by atoms with E-state index in [-0.39, 0.29) is 11.8 Å². The molecule has 3 N–H and O–H groups in total. The number of nitrogens with zero attached hydrogens (tertiary/aromatic N) is 3. The van der Waals surface area contributed by atoms with E-state index >= 15 is 0 Å². The van der Waals surface area contributed by atoms with E-state index in [9.17, 15) is 9.59 Å². The zero-order chi connectivity index (χ0) is 27.5. The van der Waals surface area contributed by atoms with E-state index in [1.165, 1.54) is 13.3 Å². The van der Waals surface area contributed by atoms with Gasteiger partial charge in [0.15, 0.2) is 0 Å². The van der Waals surface area contributed by atoms with Gasteiger partial charge in [-0.15, -0.1) is 0 Å². The van der Waals surface area contributed by atoms with E-state index in [2.05, 4.69) is 33.5 Å². The number of ether oxygens (including phenoxy) is 2. The van der Waals surface area contributed by atoms with Crippen molar-refractivity contribution in [2.45, 2.75) is 45.2 Å². The van der Waals surface area contributed by atoms with Gasteiger partial charge in [0.05, 0.1) is 19.3 Å². The number of carbonyl (C=O) groups excluding carboxylic acids is 2. The molecule has 0 spiro atoms. The van der Waals surface area contributed by atoms with Crippen molar-refractivity contribution in [3.05, 3.63) is 77.9 Å². The average Bonchev–Trinajstić information content (AvgIpc) is 2.94. The van der Waals surface area contributed by atoms with Crippen molar-refractivity contribution < 1.29 is 19.1 Å². The third kappa shape index (κ3) is 8.59. The Kier molecular flexibility index (Phi) is 10.4. The lowest BCUT2D eigenvalue weighted by Crippen LogP contribution is -2.44. The molecule has 2 heterocycles. The summed E-state index contributed by atoms with van der Waals surface area (Å²) in [6.07, 6.45) is 7.90. The Balaban J connectivity index is 1.49. The summed E-state index contributed by atoms with van der Waals surface area (Å²) in [7, 11) is 0. The van der Waals surface area contributed by atoms with Crippen molar-refractivity contribution in [3.8, 4) is 16.9 Å². The van der Waals surface area contributed by atoms with Crippen LogP contribution in [-0.2, 0) is 27.3 Å². The molecule has 2 bridgehead atoms. The zero-order valence-corrected chi connectivity index (χ0v) is 22.5. The van der Waals surface area contributed by atoms with E-state index < -0.39 is 6.04 Å². The molecule has 4 rings (SSSR count). The highest BCUT2D eigenvalue weighted by molar-refractivity contribution is 5.81. The fourth-order valence-electron chi connectivity index (χ4n) is 4.63. The molecule has 1 aromatic heterocycles. The fourth-order valence-corrected chi connectivity index (χ4v) is 4.63. The summed E-state index contributed by atoms with van der Waals surface area (Å²) in [5.41, 5.74) is 11.5. The maximum absolute atomic E-state index is 13.3. The van der Waals surface area contributed by atoms with Gasteiger partial charge in [-0.3, -0.25) is 9.59 Å². The summed E-state index contributed by atoms with van der Waals surface area (Å²) in [4.78, 5) is 34.4. The van der Waals surface area contributed by atoms with Crippen LogP contribution in [0.5, 0.6) is 5.75 Å². The molecule has 0 aliphatic carbocycles. The monoisotopic (exact) mass is 531 g/mol. The van der Waals surface area contributed by atoms with Crippen LogP contribution in [0.2, 0.25) is 0 Å². The number of unbranched alkanes of at least 4 members (excludes halogenated alkanes) is 1. The molecule has 0 radical (unpaired) electrons. The van der Waals surface area contributed by atoms with Crippen molar-refractivity contribution >= 4 is 11.8 Å². The van der Waals surface area contributed by atoms with Crippen molar-refractivity contribution in [1.82, 2.24) is 20.2 Å². The van der Waals surface area contributed by atoms with Gasteiger partial charge < -0.3 is 25.4 Å². The lowest BCUT2D eigenvalue weighted by molar-refractivity contribution is -0.134. The maximum atomic E-state index is 13.3. The van der Waals surface area contributed by atoms with E-state index in [1.807, 2.05) is 24.3 Å². The highest BCUT2D eigenvalue weighted by Crippen LogP contribution is 2.28. The number of hydrogen-bond acceptors (Lipinski definition) is 7. The van der Waals surface area contributed by atoms with E-state index in [1.54, 1.807) is 17.3 Å². The summed E-state index contributed by atoms with van der Waals surface area (Å²) in [5, 5.41) is 2.77. The van der Waals surface area contributed by atoms with Gasteiger partial charge in [-0.2, -0.15) is 0 Å². The van der Waals surface area contributed by atoms with Crippen LogP contribution in [0.1, 0.15) is 42.9 Å². The lowest BCUT2D eigenvalue weighted by Gasteiger charge is -2.26. The number of amides is 2. The first-order chi connectivity index (χ1) is 19.0. The van der Waals surface area contributed by atoms with E-state index in [0.29, 0.717) is 52.3 Å². The standard InChI is InChI=1S/C30H37N5O4/c1-22(36)34-10-3-2-7-28(31)30(37)35-11-12-38-13-14-39-29-9-8-25(27-18-32-21-33-19-27)17-26(29)16-23-5-4-6-24(15-23)20-35/h4-6,8-9,15,17-19,21,28H,2-3,7,10-14,16,20,31H2,1H3,(H,34,36)/t28-/m0/s1. The largest absolute Gasteiger partial charge is 0.491 e. The second kappa shape index (κ2) is 14.4. The third-order valence-corrected chi connectivity index (χ3v) is 6.65. The van der Waals surface area contributed by atoms with Crippen molar-refractivity contribution in [3.63, 3.8) is 0 Å². The number of rotatable bonds is 7. The molecule has 1 atom stereocenters. The molecule has 2 aromatic carbocycles. The molecular weight excluding hydrogens is 494 g/mol. The number of hydrogen-bond donors (Lipinski definition) is 2. The van der Waals surface area contributed by atoms with Gasteiger partial charge in [-0.05, 0) is 53.6 Å². The van der Waals surface area contributed by atoms with Crippen LogP contribution in [0.3, 0.4) is 0 Å². The number of nitrogens with one attached hydrogen (secondary N) is 1. The highest BCUT2D eigenvalue weighted by Gasteiger charge is 2.21. The van der Waals surface area contributed by atoms with Gasteiger partial charge in [0.1, 0.15) is 18.7 Å².